The molecule has 6 nitrogen and oxygen atoms in total. The van der Waals surface area contributed by atoms with E-state index in [1.54, 1.807) is 18.2 Å². The van der Waals surface area contributed by atoms with Crippen LogP contribution in [0, 0.1) is 5.82 Å². The zero-order valence-electron chi connectivity index (χ0n) is 13.9. The zero-order chi connectivity index (χ0) is 19.2. The van der Waals surface area contributed by atoms with Crippen LogP contribution in [0.4, 0.5) is 4.39 Å². The van der Waals surface area contributed by atoms with Gasteiger partial charge in [0.25, 0.3) is 5.91 Å². The Morgan fingerprint density at radius 2 is 1.74 bits per heavy atom. The van der Waals surface area contributed by atoms with Gasteiger partial charge in [-0.2, -0.15) is 0 Å². The summed E-state index contributed by atoms with van der Waals surface area (Å²) in [7, 11) is 0. The van der Waals surface area contributed by atoms with Gasteiger partial charge in [0.1, 0.15) is 23.9 Å². The van der Waals surface area contributed by atoms with E-state index in [0.29, 0.717) is 11.5 Å². The van der Waals surface area contributed by atoms with Gasteiger partial charge in [0.05, 0.1) is 4.47 Å². The van der Waals surface area contributed by atoms with E-state index in [-0.39, 0.29) is 22.4 Å². The third kappa shape index (κ3) is 4.95. The molecular formula is C19H14BrFN2O4. The number of rotatable bonds is 5. The third-order valence-corrected chi connectivity index (χ3v) is 4.12. The number of carbonyl (C=O) groups is 2. The van der Waals surface area contributed by atoms with Gasteiger partial charge in [0.15, 0.2) is 5.76 Å². The van der Waals surface area contributed by atoms with Crippen molar-refractivity contribution < 1.29 is 23.1 Å². The standard InChI is InChI=1S/C19H14BrFN2O4/c20-15-8-6-12(10-16(15)21)18(24)22-23-19(25)17-9-7-14(27-17)11-26-13-4-2-1-3-5-13/h1-10H,11H2,(H,22,24)(H,23,25). The maximum atomic E-state index is 13.5. The monoisotopic (exact) mass is 432 g/mol. The summed E-state index contributed by atoms with van der Waals surface area (Å²) in [6.07, 6.45) is 0. The molecule has 2 amide bonds. The third-order valence-electron chi connectivity index (χ3n) is 3.48. The summed E-state index contributed by atoms with van der Waals surface area (Å²) in [6, 6.07) is 16.1. The molecule has 0 spiro atoms. The number of carbonyl (C=O) groups excluding carboxylic acids is 2. The Morgan fingerprint density at radius 3 is 2.48 bits per heavy atom. The molecule has 3 rings (SSSR count). The zero-order valence-corrected chi connectivity index (χ0v) is 15.5. The molecular weight excluding hydrogens is 419 g/mol. The second kappa shape index (κ2) is 8.50. The van der Waals surface area contributed by atoms with Gasteiger partial charge in [-0.3, -0.25) is 20.4 Å². The molecule has 0 radical (unpaired) electrons. The van der Waals surface area contributed by atoms with E-state index in [4.69, 9.17) is 9.15 Å². The second-order valence-electron chi connectivity index (χ2n) is 5.40. The molecule has 3 aromatic rings. The fourth-order valence-corrected chi connectivity index (χ4v) is 2.38. The Hall–Kier alpha value is -3.13. The van der Waals surface area contributed by atoms with Crippen LogP contribution in [0.1, 0.15) is 26.7 Å². The minimum atomic E-state index is -0.658. The van der Waals surface area contributed by atoms with Crippen molar-refractivity contribution >= 4 is 27.7 Å². The van der Waals surface area contributed by atoms with Crippen molar-refractivity contribution in [3.05, 3.63) is 88.0 Å². The summed E-state index contributed by atoms with van der Waals surface area (Å²) in [4.78, 5) is 24.0. The van der Waals surface area contributed by atoms with Gasteiger partial charge in [-0.25, -0.2) is 4.39 Å². The Labute approximate surface area is 162 Å². The molecule has 0 saturated carbocycles. The Balaban J connectivity index is 1.53. The molecule has 2 N–H and O–H groups in total. The topological polar surface area (TPSA) is 80.6 Å². The van der Waals surface area contributed by atoms with Gasteiger partial charge in [0, 0.05) is 5.56 Å². The van der Waals surface area contributed by atoms with Crippen molar-refractivity contribution in [3.63, 3.8) is 0 Å². The first-order valence-corrected chi connectivity index (χ1v) is 8.64. The fourth-order valence-electron chi connectivity index (χ4n) is 2.13. The number of hydrogen-bond acceptors (Lipinski definition) is 4. The highest BCUT2D eigenvalue weighted by atomic mass is 79.9. The lowest BCUT2D eigenvalue weighted by Gasteiger charge is -2.06. The van der Waals surface area contributed by atoms with Gasteiger partial charge in [-0.05, 0) is 58.4 Å². The first-order chi connectivity index (χ1) is 13.0. The predicted octanol–water partition coefficient (Wildman–Crippen LogP) is 3.84. The molecule has 1 aromatic heterocycles. The lowest BCUT2D eigenvalue weighted by atomic mass is 10.2. The molecule has 8 heteroatoms. The number of hydrogen-bond donors (Lipinski definition) is 2. The van der Waals surface area contributed by atoms with E-state index < -0.39 is 17.6 Å². The van der Waals surface area contributed by atoms with Crippen molar-refractivity contribution in [2.45, 2.75) is 6.61 Å². The first kappa shape index (κ1) is 18.7. The van der Waals surface area contributed by atoms with Crippen LogP contribution >= 0.6 is 15.9 Å². The van der Waals surface area contributed by atoms with Gasteiger partial charge >= 0.3 is 5.91 Å². The highest BCUT2D eigenvalue weighted by Crippen LogP contribution is 2.16. The van der Waals surface area contributed by atoms with Crippen molar-refractivity contribution in [1.82, 2.24) is 10.9 Å². The van der Waals surface area contributed by atoms with Crippen LogP contribution in [0.3, 0.4) is 0 Å². The normalized spacial score (nSPS) is 10.3. The van der Waals surface area contributed by atoms with Crippen LogP contribution in [-0.2, 0) is 6.61 Å². The maximum absolute atomic E-state index is 13.5. The van der Waals surface area contributed by atoms with E-state index in [2.05, 4.69) is 26.8 Å². The van der Waals surface area contributed by atoms with Crippen LogP contribution in [0.2, 0.25) is 0 Å². The van der Waals surface area contributed by atoms with Crippen molar-refractivity contribution in [3.8, 4) is 5.75 Å². The lowest BCUT2D eigenvalue weighted by molar-refractivity contribution is 0.0828. The number of halogens is 2. The second-order valence-corrected chi connectivity index (χ2v) is 6.26. The fraction of sp³-hybridized carbons (Fsp3) is 0.0526. The summed E-state index contributed by atoms with van der Waals surface area (Å²) < 4.78 is 24.6. The van der Waals surface area contributed by atoms with Crippen LogP contribution in [0.15, 0.2) is 69.6 Å². The van der Waals surface area contributed by atoms with Gasteiger partial charge < -0.3 is 9.15 Å². The van der Waals surface area contributed by atoms with E-state index in [1.165, 1.54) is 18.2 Å². The highest BCUT2D eigenvalue weighted by molar-refractivity contribution is 9.10. The molecule has 138 valence electrons. The van der Waals surface area contributed by atoms with E-state index in [9.17, 15) is 14.0 Å². The summed E-state index contributed by atoms with van der Waals surface area (Å²) in [5.41, 5.74) is 4.47. The number of nitrogens with one attached hydrogen (secondary N) is 2. The average Bonchev–Trinajstić information content (AvgIpc) is 3.16. The Bertz CT molecular complexity index is 959. The molecule has 0 unspecified atom stereocenters. The summed E-state index contributed by atoms with van der Waals surface area (Å²) >= 11 is 3.00. The number of ether oxygens (including phenoxy) is 1. The molecule has 0 aliphatic rings. The molecule has 1 heterocycles. The van der Waals surface area contributed by atoms with E-state index in [0.717, 1.165) is 6.07 Å². The smallest absolute Gasteiger partial charge is 0.305 e. The van der Waals surface area contributed by atoms with Crippen molar-refractivity contribution in [2.24, 2.45) is 0 Å². The number of benzene rings is 2. The molecule has 2 aromatic carbocycles. The van der Waals surface area contributed by atoms with Gasteiger partial charge in [-0.15, -0.1) is 0 Å². The molecule has 0 atom stereocenters. The van der Waals surface area contributed by atoms with Crippen molar-refractivity contribution in [2.75, 3.05) is 0 Å². The van der Waals surface area contributed by atoms with Gasteiger partial charge in [-0.1, -0.05) is 18.2 Å². The summed E-state index contributed by atoms with van der Waals surface area (Å²) in [6.45, 7) is 0.155. The molecule has 0 bridgehead atoms. The minimum absolute atomic E-state index is 0.00366. The van der Waals surface area contributed by atoms with Crippen LogP contribution in [-0.4, -0.2) is 11.8 Å². The van der Waals surface area contributed by atoms with Gasteiger partial charge in [0.2, 0.25) is 0 Å². The van der Waals surface area contributed by atoms with Crippen molar-refractivity contribution in [1.29, 1.82) is 0 Å². The number of para-hydroxylation sites is 1. The predicted molar refractivity (Wildman–Crippen MR) is 98.5 cm³/mol. The SMILES string of the molecule is O=C(NNC(=O)c1ccc(COc2ccccc2)o1)c1ccc(Br)c(F)c1. The largest absolute Gasteiger partial charge is 0.486 e. The molecule has 0 saturated heterocycles. The quantitative estimate of drug-likeness (QED) is 0.600. The van der Waals surface area contributed by atoms with E-state index >= 15 is 0 Å². The molecule has 0 fully saturated rings. The summed E-state index contributed by atoms with van der Waals surface area (Å²) in [5.74, 6) is -0.757. The lowest BCUT2D eigenvalue weighted by Crippen LogP contribution is -2.41. The Kier molecular flexibility index (Phi) is 5.87. The number of furan rings is 1. The molecule has 27 heavy (non-hydrogen) atoms. The summed E-state index contributed by atoms with van der Waals surface area (Å²) in [5, 5.41) is 0. The number of hydrazine groups is 1. The molecule has 0 aliphatic carbocycles. The number of amides is 2. The van der Waals surface area contributed by atoms with Crippen LogP contribution < -0.4 is 15.6 Å². The van der Waals surface area contributed by atoms with Crippen LogP contribution in [0.5, 0.6) is 5.75 Å². The maximum Gasteiger partial charge on any atom is 0.305 e. The average molecular weight is 433 g/mol. The minimum Gasteiger partial charge on any atom is -0.486 e. The van der Waals surface area contributed by atoms with E-state index in [1.807, 2.05) is 18.2 Å². The highest BCUT2D eigenvalue weighted by Gasteiger charge is 2.14. The Morgan fingerprint density at radius 1 is 1.00 bits per heavy atom. The van der Waals surface area contributed by atoms with Crippen LogP contribution in [0.25, 0.3) is 0 Å². The molecule has 0 aliphatic heterocycles. The first-order valence-electron chi connectivity index (χ1n) is 7.85.